The van der Waals surface area contributed by atoms with E-state index in [1.165, 1.54) is 20.9 Å². The Morgan fingerprint density at radius 3 is 2.20 bits per heavy atom. The van der Waals surface area contributed by atoms with Crippen molar-refractivity contribution in [1.29, 1.82) is 0 Å². The first-order valence-electron chi connectivity index (χ1n) is 5.05. The molecule has 0 amide bonds. The van der Waals surface area contributed by atoms with Crippen LogP contribution in [0.1, 0.15) is 20.9 Å². The number of hydrogen-bond acceptors (Lipinski definition) is 1. The molecule has 1 heteroatoms. The van der Waals surface area contributed by atoms with E-state index >= 15 is 0 Å². The summed E-state index contributed by atoms with van der Waals surface area (Å²) in [6.45, 7) is 4.24. The summed E-state index contributed by atoms with van der Waals surface area (Å²) < 4.78 is 0. The average molecular weight is 214 g/mol. The number of benzene rings is 1. The van der Waals surface area contributed by atoms with Gasteiger partial charge < -0.3 is 0 Å². The molecule has 0 radical (unpaired) electrons. The second kappa shape index (κ2) is 4.45. The van der Waals surface area contributed by atoms with Crippen molar-refractivity contribution in [1.82, 2.24) is 0 Å². The molecule has 2 rings (SSSR count). The van der Waals surface area contributed by atoms with Crippen molar-refractivity contribution in [3.05, 3.63) is 57.3 Å². The lowest BCUT2D eigenvalue weighted by molar-refractivity contribution is 1.46. The van der Waals surface area contributed by atoms with Gasteiger partial charge in [0.25, 0.3) is 0 Å². The van der Waals surface area contributed by atoms with Crippen molar-refractivity contribution >= 4 is 23.5 Å². The van der Waals surface area contributed by atoms with Crippen LogP contribution in [0, 0.1) is 13.8 Å². The van der Waals surface area contributed by atoms with Gasteiger partial charge in [0.2, 0.25) is 0 Å². The van der Waals surface area contributed by atoms with E-state index in [0.29, 0.717) is 0 Å². The third-order valence-electron chi connectivity index (χ3n) is 2.28. The zero-order valence-electron chi connectivity index (χ0n) is 9.03. The van der Waals surface area contributed by atoms with Crippen molar-refractivity contribution in [2.45, 2.75) is 13.8 Å². The van der Waals surface area contributed by atoms with Crippen molar-refractivity contribution in [3.63, 3.8) is 0 Å². The van der Waals surface area contributed by atoms with Crippen LogP contribution in [0.4, 0.5) is 0 Å². The van der Waals surface area contributed by atoms with E-state index in [9.17, 15) is 0 Å². The molecule has 0 saturated carbocycles. The van der Waals surface area contributed by atoms with Gasteiger partial charge in [0.15, 0.2) is 0 Å². The van der Waals surface area contributed by atoms with Gasteiger partial charge in [-0.05, 0) is 37.6 Å². The lowest BCUT2D eigenvalue weighted by Gasteiger charge is -1.93. The van der Waals surface area contributed by atoms with Crippen LogP contribution in [-0.2, 0) is 0 Å². The third kappa shape index (κ3) is 2.80. The lowest BCUT2D eigenvalue weighted by atomic mass is 10.1. The molecule has 15 heavy (non-hydrogen) atoms. The summed E-state index contributed by atoms with van der Waals surface area (Å²) in [6.07, 6.45) is 4.33. The molecule has 0 fully saturated rings. The van der Waals surface area contributed by atoms with Crippen molar-refractivity contribution in [2.75, 3.05) is 0 Å². The van der Waals surface area contributed by atoms with Crippen LogP contribution in [0.5, 0.6) is 0 Å². The molecule has 0 aliphatic heterocycles. The predicted molar refractivity (Wildman–Crippen MR) is 69.2 cm³/mol. The van der Waals surface area contributed by atoms with Gasteiger partial charge >= 0.3 is 0 Å². The van der Waals surface area contributed by atoms with E-state index in [4.69, 9.17) is 0 Å². The molecule has 0 nitrogen and oxygen atoms in total. The number of hydrogen-bond donors (Lipinski definition) is 0. The quantitative estimate of drug-likeness (QED) is 0.688. The lowest BCUT2D eigenvalue weighted by Crippen LogP contribution is -1.72. The molecule has 0 spiro atoms. The van der Waals surface area contributed by atoms with Gasteiger partial charge in [-0.2, -0.15) is 0 Å². The monoisotopic (exact) mass is 214 g/mol. The highest BCUT2D eigenvalue weighted by Gasteiger charge is 1.91. The largest absolute Gasteiger partial charge is 0.141 e. The fourth-order valence-electron chi connectivity index (χ4n) is 1.40. The van der Waals surface area contributed by atoms with Crippen LogP contribution in [0.3, 0.4) is 0 Å². The van der Waals surface area contributed by atoms with Gasteiger partial charge in [0.05, 0.1) is 0 Å². The van der Waals surface area contributed by atoms with Crippen molar-refractivity contribution < 1.29 is 0 Å². The smallest absolute Gasteiger partial charge is 0.0273 e. The predicted octanol–water partition coefficient (Wildman–Crippen LogP) is 4.54. The van der Waals surface area contributed by atoms with Crippen LogP contribution in [0.25, 0.3) is 12.2 Å². The molecule has 0 aliphatic carbocycles. The fraction of sp³-hybridized carbons (Fsp3) is 0.143. The Morgan fingerprint density at radius 2 is 1.60 bits per heavy atom. The Balaban J connectivity index is 2.14. The third-order valence-corrected chi connectivity index (χ3v) is 3.24. The fourth-order valence-corrected chi connectivity index (χ4v) is 2.18. The van der Waals surface area contributed by atoms with E-state index in [0.717, 1.165) is 0 Å². The molecule has 0 saturated heterocycles. The van der Waals surface area contributed by atoms with E-state index < -0.39 is 0 Å². The minimum absolute atomic E-state index is 1.26. The molecule has 0 atom stereocenters. The molecule has 0 aliphatic rings. The molecular weight excluding hydrogens is 200 g/mol. The minimum Gasteiger partial charge on any atom is -0.141 e. The number of thiophene rings is 1. The first kappa shape index (κ1) is 10.2. The van der Waals surface area contributed by atoms with E-state index in [-0.39, 0.29) is 0 Å². The van der Waals surface area contributed by atoms with Crippen LogP contribution in [0.15, 0.2) is 36.4 Å². The van der Waals surface area contributed by atoms with Gasteiger partial charge in [-0.15, -0.1) is 11.3 Å². The van der Waals surface area contributed by atoms with Gasteiger partial charge in [0, 0.05) is 9.75 Å². The second-order valence-electron chi connectivity index (χ2n) is 3.69. The van der Waals surface area contributed by atoms with E-state index in [1.54, 1.807) is 0 Å². The highest BCUT2D eigenvalue weighted by atomic mass is 32.1. The number of aryl methyl sites for hydroxylation is 2. The second-order valence-corrected chi connectivity index (χ2v) is 5.01. The maximum atomic E-state index is 2.17. The maximum absolute atomic E-state index is 2.17. The summed E-state index contributed by atoms with van der Waals surface area (Å²) in [5.74, 6) is 0. The molecule has 1 heterocycles. The summed E-state index contributed by atoms with van der Waals surface area (Å²) in [7, 11) is 0. The number of rotatable bonds is 2. The molecule has 2 aromatic rings. The molecule has 1 aromatic carbocycles. The topological polar surface area (TPSA) is 0 Å². The Morgan fingerprint density at radius 1 is 0.867 bits per heavy atom. The average Bonchev–Trinajstić information content (AvgIpc) is 2.64. The standard InChI is InChI=1S/C14H14S/c1-11-3-6-13(7-4-11)8-10-14-9-5-12(2)15-14/h3-10H,1-2H3/b10-8+. The zero-order valence-corrected chi connectivity index (χ0v) is 9.84. The van der Waals surface area contributed by atoms with Crippen LogP contribution >= 0.6 is 11.3 Å². The van der Waals surface area contributed by atoms with Crippen LogP contribution in [-0.4, -0.2) is 0 Å². The Hall–Kier alpha value is -1.34. The summed E-state index contributed by atoms with van der Waals surface area (Å²) in [4.78, 5) is 2.67. The summed E-state index contributed by atoms with van der Waals surface area (Å²) >= 11 is 1.82. The van der Waals surface area contributed by atoms with Crippen LogP contribution < -0.4 is 0 Å². The highest BCUT2D eigenvalue weighted by Crippen LogP contribution is 2.18. The molecule has 1 aromatic heterocycles. The molecule has 0 N–H and O–H groups in total. The van der Waals surface area contributed by atoms with E-state index in [1.807, 2.05) is 11.3 Å². The Labute approximate surface area is 94.9 Å². The highest BCUT2D eigenvalue weighted by molar-refractivity contribution is 7.12. The zero-order chi connectivity index (χ0) is 10.7. The van der Waals surface area contributed by atoms with Crippen molar-refractivity contribution in [3.8, 4) is 0 Å². The van der Waals surface area contributed by atoms with Crippen molar-refractivity contribution in [2.24, 2.45) is 0 Å². The maximum Gasteiger partial charge on any atom is 0.0273 e. The Kier molecular flexibility index (Phi) is 3.02. The molecular formula is C14H14S. The molecule has 0 unspecified atom stereocenters. The summed E-state index contributed by atoms with van der Waals surface area (Å²) in [5.41, 5.74) is 2.56. The SMILES string of the molecule is Cc1ccc(/C=C/c2ccc(C)s2)cc1. The minimum atomic E-state index is 1.26. The molecule has 76 valence electrons. The van der Waals surface area contributed by atoms with E-state index in [2.05, 4.69) is 62.4 Å². The first-order valence-corrected chi connectivity index (χ1v) is 5.87. The van der Waals surface area contributed by atoms with Gasteiger partial charge in [-0.25, -0.2) is 0 Å². The van der Waals surface area contributed by atoms with Gasteiger partial charge in [-0.3, -0.25) is 0 Å². The van der Waals surface area contributed by atoms with Gasteiger partial charge in [-0.1, -0.05) is 35.9 Å². The normalized spacial score (nSPS) is 11.1. The molecule has 0 bridgehead atoms. The van der Waals surface area contributed by atoms with Crippen LogP contribution in [0.2, 0.25) is 0 Å². The summed E-state index contributed by atoms with van der Waals surface area (Å²) in [5, 5.41) is 0. The Bertz CT molecular complexity index is 460. The first-order chi connectivity index (χ1) is 7.24. The summed E-state index contributed by atoms with van der Waals surface area (Å²) in [6, 6.07) is 12.9. The van der Waals surface area contributed by atoms with Gasteiger partial charge in [0.1, 0.15) is 0 Å².